The van der Waals surface area contributed by atoms with Gasteiger partial charge in [-0.05, 0) is 56.7 Å². The molecular formula is C19H32N2O3S. The summed E-state index contributed by atoms with van der Waals surface area (Å²) in [6.45, 7) is 6.10. The Hall–Kier alpha value is -1.40. The van der Waals surface area contributed by atoms with Gasteiger partial charge in [-0.25, -0.2) is 13.1 Å². The van der Waals surface area contributed by atoms with Crippen LogP contribution in [-0.4, -0.2) is 26.1 Å². The van der Waals surface area contributed by atoms with Crippen LogP contribution in [0.4, 0.5) is 5.69 Å². The maximum Gasteiger partial charge on any atom is 0.224 e. The SMILES string of the molecule is CCCCc1ccc(NC(=O)CCCCNS(=O)(=O)C(C)CC)cc1. The van der Waals surface area contributed by atoms with Crippen molar-refractivity contribution in [2.24, 2.45) is 0 Å². The van der Waals surface area contributed by atoms with Crippen LogP contribution in [0, 0.1) is 0 Å². The Morgan fingerprint density at radius 1 is 1.08 bits per heavy atom. The molecule has 2 N–H and O–H groups in total. The molecule has 0 fully saturated rings. The maximum atomic E-state index is 11.9. The molecule has 0 radical (unpaired) electrons. The summed E-state index contributed by atoms with van der Waals surface area (Å²) in [4.78, 5) is 11.9. The Morgan fingerprint density at radius 2 is 1.76 bits per heavy atom. The molecule has 0 bridgehead atoms. The number of rotatable bonds is 12. The van der Waals surface area contributed by atoms with Gasteiger partial charge < -0.3 is 5.32 Å². The van der Waals surface area contributed by atoms with Gasteiger partial charge >= 0.3 is 0 Å². The molecule has 25 heavy (non-hydrogen) atoms. The zero-order valence-electron chi connectivity index (χ0n) is 15.7. The number of sulfonamides is 1. The number of carbonyl (C=O) groups excluding carboxylic acids is 1. The Bertz CT molecular complexity index is 612. The summed E-state index contributed by atoms with van der Waals surface area (Å²) in [5.41, 5.74) is 2.09. The molecule has 0 aliphatic rings. The van der Waals surface area contributed by atoms with E-state index in [1.807, 2.05) is 19.1 Å². The normalized spacial score (nSPS) is 12.8. The second-order valence-electron chi connectivity index (χ2n) is 6.46. The quantitative estimate of drug-likeness (QED) is 0.550. The number of nitrogens with one attached hydrogen (secondary N) is 2. The number of benzene rings is 1. The predicted molar refractivity (Wildman–Crippen MR) is 104 cm³/mol. The third-order valence-corrected chi connectivity index (χ3v) is 6.29. The molecule has 0 spiro atoms. The Labute approximate surface area is 152 Å². The molecule has 6 heteroatoms. The molecule has 0 saturated carbocycles. The van der Waals surface area contributed by atoms with Crippen molar-refractivity contribution in [1.29, 1.82) is 0 Å². The van der Waals surface area contributed by atoms with Crippen LogP contribution in [0.2, 0.25) is 0 Å². The van der Waals surface area contributed by atoms with E-state index in [4.69, 9.17) is 0 Å². The van der Waals surface area contributed by atoms with Crippen LogP contribution in [0.15, 0.2) is 24.3 Å². The van der Waals surface area contributed by atoms with Crippen molar-refractivity contribution in [3.05, 3.63) is 29.8 Å². The molecule has 1 unspecified atom stereocenters. The molecule has 1 aromatic rings. The van der Waals surface area contributed by atoms with E-state index in [0.717, 1.165) is 12.1 Å². The van der Waals surface area contributed by atoms with E-state index in [1.165, 1.54) is 18.4 Å². The molecule has 1 atom stereocenters. The van der Waals surface area contributed by atoms with Crippen LogP contribution in [-0.2, 0) is 21.2 Å². The molecule has 0 aliphatic carbocycles. The Kier molecular flexibility index (Phi) is 9.75. The van der Waals surface area contributed by atoms with Crippen molar-refractivity contribution < 1.29 is 13.2 Å². The third kappa shape index (κ3) is 8.50. The molecule has 0 saturated heterocycles. The first-order chi connectivity index (χ1) is 11.9. The van der Waals surface area contributed by atoms with Crippen molar-refractivity contribution in [2.75, 3.05) is 11.9 Å². The zero-order chi connectivity index (χ0) is 18.7. The van der Waals surface area contributed by atoms with Crippen LogP contribution in [0.25, 0.3) is 0 Å². The first kappa shape index (κ1) is 21.6. The van der Waals surface area contributed by atoms with E-state index >= 15 is 0 Å². The maximum absolute atomic E-state index is 11.9. The van der Waals surface area contributed by atoms with E-state index in [-0.39, 0.29) is 11.2 Å². The van der Waals surface area contributed by atoms with Gasteiger partial charge in [-0.3, -0.25) is 4.79 Å². The summed E-state index contributed by atoms with van der Waals surface area (Å²) >= 11 is 0. The standard InChI is InChI=1S/C19H32N2O3S/c1-4-6-9-17-11-13-18(14-12-17)21-19(22)10-7-8-15-20-25(23,24)16(3)5-2/h11-14,16,20H,4-10,15H2,1-3H3,(H,21,22). The zero-order valence-corrected chi connectivity index (χ0v) is 16.5. The second-order valence-corrected chi connectivity index (χ2v) is 8.65. The smallest absolute Gasteiger partial charge is 0.224 e. The number of hydrogen-bond acceptors (Lipinski definition) is 3. The first-order valence-electron chi connectivity index (χ1n) is 9.26. The third-order valence-electron chi connectivity index (χ3n) is 4.30. The van der Waals surface area contributed by atoms with Crippen LogP contribution < -0.4 is 10.0 Å². The van der Waals surface area contributed by atoms with E-state index in [1.54, 1.807) is 6.92 Å². The van der Waals surface area contributed by atoms with Crippen LogP contribution in [0.1, 0.15) is 64.9 Å². The lowest BCUT2D eigenvalue weighted by Gasteiger charge is -2.11. The molecule has 5 nitrogen and oxygen atoms in total. The summed E-state index contributed by atoms with van der Waals surface area (Å²) in [6, 6.07) is 7.97. The van der Waals surface area contributed by atoms with Gasteiger partial charge in [-0.2, -0.15) is 0 Å². The van der Waals surface area contributed by atoms with Gasteiger partial charge in [0.2, 0.25) is 15.9 Å². The monoisotopic (exact) mass is 368 g/mol. The minimum Gasteiger partial charge on any atom is -0.326 e. The Morgan fingerprint density at radius 3 is 2.36 bits per heavy atom. The molecular weight excluding hydrogens is 336 g/mol. The lowest BCUT2D eigenvalue weighted by molar-refractivity contribution is -0.116. The number of aryl methyl sites for hydroxylation is 1. The number of anilines is 1. The topological polar surface area (TPSA) is 75.3 Å². The van der Waals surface area contributed by atoms with Crippen molar-refractivity contribution in [3.63, 3.8) is 0 Å². The molecule has 142 valence electrons. The van der Waals surface area contributed by atoms with Gasteiger partial charge in [0, 0.05) is 18.7 Å². The van der Waals surface area contributed by atoms with Crippen molar-refractivity contribution in [3.8, 4) is 0 Å². The fourth-order valence-electron chi connectivity index (χ4n) is 2.35. The van der Waals surface area contributed by atoms with Crippen LogP contribution >= 0.6 is 0 Å². The summed E-state index contributed by atoms with van der Waals surface area (Å²) in [5, 5.41) is 2.50. The minimum absolute atomic E-state index is 0.0360. The fourth-order valence-corrected chi connectivity index (χ4v) is 3.50. The number of unbranched alkanes of at least 4 members (excludes halogenated alkanes) is 2. The summed E-state index contributed by atoms with van der Waals surface area (Å²) in [5.74, 6) is -0.0360. The van der Waals surface area contributed by atoms with Gasteiger partial charge in [0.15, 0.2) is 0 Å². The highest BCUT2D eigenvalue weighted by molar-refractivity contribution is 7.90. The molecule has 1 aromatic carbocycles. The lowest BCUT2D eigenvalue weighted by Crippen LogP contribution is -2.32. The Balaban J connectivity index is 2.25. The average Bonchev–Trinajstić information content (AvgIpc) is 2.60. The van der Waals surface area contributed by atoms with Crippen LogP contribution in [0.5, 0.6) is 0 Å². The van der Waals surface area contributed by atoms with E-state index in [0.29, 0.717) is 32.2 Å². The highest BCUT2D eigenvalue weighted by Gasteiger charge is 2.17. The van der Waals surface area contributed by atoms with E-state index in [9.17, 15) is 13.2 Å². The van der Waals surface area contributed by atoms with Gasteiger partial charge in [0.1, 0.15) is 0 Å². The molecule has 1 rings (SSSR count). The van der Waals surface area contributed by atoms with Gasteiger partial charge in [0.05, 0.1) is 5.25 Å². The molecule has 0 aromatic heterocycles. The lowest BCUT2D eigenvalue weighted by atomic mass is 10.1. The summed E-state index contributed by atoms with van der Waals surface area (Å²) in [6.07, 6.45) is 5.70. The minimum atomic E-state index is -3.22. The van der Waals surface area contributed by atoms with Crippen LogP contribution in [0.3, 0.4) is 0 Å². The second kappa shape index (κ2) is 11.3. The average molecular weight is 369 g/mol. The van der Waals surface area contributed by atoms with E-state index in [2.05, 4.69) is 29.1 Å². The number of hydrogen-bond donors (Lipinski definition) is 2. The summed E-state index contributed by atoms with van der Waals surface area (Å²) < 4.78 is 26.2. The number of carbonyl (C=O) groups is 1. The summed E-state index contributed by atoms with van der Waals surface area (Å²) in [7, 11) is -3.22. The highest BCUT2D eigenvalue weighted by Crippen LogP contribution is 2.12. The van der Waals surface area contributed by atoms with Gasteiger partial charge in [0.25, 0.3) is 0 Å². The van der Waals surface area contributed by atoms with Crippen molar-refractivity contribution >= 4 is 21.6 Å². The van der Waals surface area contributed by atoms with E-state index < -0.39 is 10.0 Å². The fraction of sp³-hybridized carbons (Fsp3) is 0.632. The highest BCUT2D eigenvalue weighted by atomic mass is 32.2. The molecule has 0 heterocycles. The van der Waals surface area contributed by atoms with Gasteiger partial charge in [-0.15, -0.1) is 0 Å². The first-order valence-corrected chi connectivity index (χ1v) is 10.8. The number of amides is 1. The predicted octanol–water partition coefficient (Wildman–Crippen LogP) is 3.86. The van der Waals surface area contributed by atoms with Crippen molar-refractivity contribution in [2.45, 2.75) is 71.0 Å². The molecule has 0 aliphatic heterocycles. The van der Waals surface area contributed by atoms with Gasteiger partial charge in [-0.1, -0.05) is 32.4 Å². The largest absolute Gasteiger partial charge is 0.326 e. The molecule has 1 amide bonds. The van der Waals surface area contributed by atoms with Crippen molar-refractivity contribution in [1.82, 2.24) is 4.72 Å².